The third-order valence-corrected chi connectivity index (χ3v) is 4.02. The Bertz CT molecular complexity index is 451. The number of hydrogen-bond acceptors (Lipinski definition) is 2. The summed E-state index contributed by atoms with van der Waals surface area (Å²) >= 11 is 5.88. The molecule has 0 saturated carbocycles. The number of carbonyl (C=O) groups excluding carboxylic acids is 1. The van der Waals surface area contributed by atoms with E-state index in [1.165, 1.54) is 6.42 Å². The van der Waals surface area contributed by atoms with Gasteiger partial charge in [0.25, 0.3) is 5.91 Å². The summed E-state index contributed by atoms with van der Waals surface area (Å²) in [5.74, 6) is 0.0538. The fraction of sp³-hybridized carbons (Fsp3) is 0.500. The number of piperidine rings is 1. The highest BCUT2D eigenvalue weighted by Crippen LogP contribution is 2.26. The average molecular weight is 267 g/mol. The molecule has 0 unspecified atom stereocenters. The second-order valence-corrected chi connectivity index (χ2v) is 5.48. The van der Waals surface area contributed by atoms with Gasteiger partial charge in [0.2, 0.25) is 0 Å². The lowest BCUT2D eigenvalue weighted by molar-refractivity contribution is 0.0511. The molecule has 98 valence electrons. The van der Waals surface area contributed by atoms with Gasteiger partial charge in [0.05, 0.1) is 10.7 Å². The van der Waals surface area contributed by atoms with Crippen LogP contribution in [0.3, 0.4) is 0 Å². The normalized spacial score (nSPS) is 24.1. The first-order valence-corrected chi connectivity index (χ1v) is 6.76. The van der Waals surface area contributed by atoms with Gasteiger partial charge in [0.1, 0.15) is 0 Å². The summed E-state index contributed by atoms with van der Waals surface area (Å²) in [6, 6.07) is 5.67. The van der Waals surface area contributed by atoms with Crippen molar-refractivity contribution in [3.8, 4) is 0 Å². The van der Waals surface area contributed by atoms with Gasteiger partial charge in [-0.3, -0.25) is 4.79 Å². The van der Waals surface area contributed by atoms with E-state index in [2.05, 4.69) is 13.8 Å². The number of likely N-dealkylation sites (tertiary alicyclic amines) is 1. The van der Waals surface area contributed by atoms with Crippen LogP contribution >= 0.6 is 11.6 Å². The molecule has 0 aliphatic carbocycles. The van der Waals surface area contributed by atoms with Crippen molar-refractivity contribution in [3.63, 3.8) is 0 Å². The van der Waals surface area contributed by atoms with Crippen LogP contribution in [0.25, 0.3) is 0 Å². The van der Waals surface area contributed by atoms with Crippen LogP contribution in [0.2, 0.25) is 5.02 Å². The highest BCUT2D eigenvalue weighted by molar-refractivity contribution is 6.33. The second-order valence-electron chi connectivity index (χ2n) is 5.08. The molecule has 1 aliphatic rings. The van der Waals surface area contributed by atoms with Crippen molar-refractivity contribution in [1.29, 1.82) is 0 Å². The van der Waals surface area contributed by atoms with Crippen LogP contribution in [0, 0.1) is 0 Å². The third kappa shape index (κ3) is 2.46. The smallest absolute Gasteiger partial charge is 0.254 e. The van der Waals surface area contributed by atoms with E-state index in [1.54, 1.807) is 18.2 Å². The molecule has 2 atom stereocenters. The van der Waals surface area contributed by atoms with Crippen LogP contribution in [-0.4, -0.2) is 22.9 Å². The third-order valence-electron chi connectivity index (χ3n) is 3.67. The fourth-order valence-electron chi connectivity index (χ4n) is 2.65. The van der Waals surface area contributed by atoms with E-state index in [0.717, 1.165) is 12.8 Å². The van der Waals surface area contributed by atoms with Gasteiger partial charge in [0, 0.05) is 17.6 Å². The summed E-state index contributed by atoms with van der Waals surface area (Å²) in [4.78, 5) is 14.5. The minimum Gasteiger partial charge on any atom is -0.398 e. The predicted molar refractivity (Wildman–Crippen MR) is 74.8 cm³/mol. The number of rotatable bonds is 1. The van der Waals surface area contributed by atoms with Crippen molar-refractivity contribution < 1.29 is 4.79 Å². The minimum atomic E-state index is 0.0538. The molecule has 0 aromatic heterocycles. The molecule has 4 heteroatoms. The van der Waals surface area contributed by atoms with Crippen LogP contribution in [0.5, 0.6) is 0 Å². The summed E-state index contributed by atoms with van der Waals surface area (Å²) < 4.78 is 0. The molecule has 1 amide bonds. The maximum absolute atomic E-state index is 12.5. The number of amides is 1. The van der Waals surface area contributed by atoms with Crippen LogP contribution < -0.4 is 5.73 Å². The molecule has 0 bridgehead atoms. The molecule has 2 N–H and O–H groups in total. The van der Waals surface area contributed by atoms with Crippen molar-refractivity contribution in [2.24, 2.45) is 0 Å². The molecule has 1 aromatic carbocycles. The summed E-state index contributed by atoms with van der Waals surface area (Å²) in [7, 11) is 0. The molecular weight excluding hydrogens is 248 g/mol. The number of halogens is 1. The molecule has 2 rings (SSSR count). The summed E-state index contributed by atoms with van der Waals surface area (Å²) in [6.07, 6.45) is 3.33. The van der Waals surface area contributed by atoms with E-state index >= 15 is 0 Å². The highest BCUT2D eigenvalue weighted by atomic mass is 35.5. The number of hydrogen-bond donors (Lipinski definition) is 1. The first-order chi connectivity index (χ1) is 8.50. The Hall–Kier alpha value is -1.22. The topological polar surface area (TPSA) is 46.3 Å². The first kappa shape index (κ1) is 13.2. The lowest BCUT2D eigenvalue weighted by Gasteiger charge is -2.39. The van der Waals surface area contributed by atoms with Crippen molar-refractivity contribution in [3.05, 3.63) is 28.8 Å². The quantitative estimate of drug-likeness (QED) is 0.793. The molecule has 1 saturated heterocycles. The van der Waals surface area contributed by atoms with Crippen LogP contribution in [0.15, 0.2) is 18.2 Å². The molecule has 1 aromatic rings. The number of anilines is 1. The zero-order chi connectivity index (χ0) is 13.3. The highest BCUT2D eigenvalue weighted by Gasteiger charge is 2.29. The largest absolute Gasteiger partial charge is 0.398 e. The standard InChI is InChI=1S/C14H19ClN2O/c1-9-4-3-5-10(2)17(9)14(18)11-6-7-12(15)13(16)8-11/h6-10H,3-5,16H2,1-2H3/t9-,10-/m0/s1. The van der Waals surface area contributed by atoms with Crippen LogP contribution in [0.4, 0.5) is 5.69 Å². The van der Waals surface area contributed by atoms with Gasteiger partial charge in [-0.25, -0.2) is 0 Å². The predicted octanol–water partition coefficient (Wildman–Crippen LogP) is 3.33. The van der Waals surface area contributed by atoms with Crippen molar-refractivity contribution in [1.82, 2.24) is 4.90 Å². The lowest BCUT2D eigenvalue weighted by Crippen LogP contribution is -2.47. The Morgan fingerprint density at radius 3 is 2.50 bits per heavy atom. The van der Waals surface area contributed by atoms with Gasteiger partial charge >= 0.3 is 0 Å². The van der Waals surface area contributed by atoms with Crippen LogP contribution in [-0.2, 0) is 0 Å². The van der Waals surface area contributed by atoms with E-state index < -0.39 is 0 Å². The maximum Gasteiger partial charge on any atom is 0.254 e. The number of carbonyl (C=O) groups is 1. The van der Waals surface area contributed by atoms with Crippen LogP contribution in [0.1, 0.15) is 43.5 Å². The molecule has 1 aliphatic heterocycles. The Labute approximate surface area is 113 Å². The van der Waals surface area contributed by atoms with E-state index in [0.29, 0.717) is 16.3 Å². The monoisotopic (exact) mass is 266 g/mol. The Morgan fingerprint density at radius 1 is 1.33 bits per heavy atom. The maximum atomic E-state index is 12.5. The van der Waals surface area contributed by atoms with E-state index in [-0.39, 0.29) is 18.0 Å². The Kier molecular flexibility index (Phi) is 3.81. The lowest BCUT2D eigenvalue weighted by atomic mass is 9.96. The van der Waals surface area contributed by atoms with E-state index in [4.69, 9.17) is 17.3 Å². The second kappa shape index (κ2) is 5.19. The molecule has 18 heavy (non-hydrogen) atoms. The summed E-state index contributed by atoms with van der Waals surface area (Å²) in [6.45, 7) is 4.21. The first-order valence-electron chi connectivity index (χ1n) is 6.38. The van der Waals surface area contributed by atoms with Crippen molar-refractivity contribution in [2.45, 2.75) is 45.2 Å². The zero-order valence-electron chi connectivity index (χ0n) is 10.8. The van der Waals surface area contributed by atoms with Gasteiger partial charge < -0.3 is 10.6 Å². The van der Waals surface area contributed by atoms with E-state index in [1.807, 2.05) is 4.90 Å². The Balaban J connectivity index is 2.26. The van der Waals surface area contributed by atoms with Gasteiger partial charge in [-0.1, -0.05) is 11.6 Å². The summed E-state index contributed by atoms with van der Waals surface area (Å²) in [5, 5.41) is 0.492. The van der Waals surface area contributed by atoms with Crippen molar-refractivity contribution >= 4 is 23.2 Å². The van der Waals surface area contributed by atoms with Gasteiger partial charge in [0.15, 0.2) is 0 Å². The molecule has 0 radical (unpaired) electrons. The molecule has 1 fully saturated rings. The molecular formula is C14H19ClN2O. The van der Waals surface area contributed by atoms with Gasteiger partial charge in [-0.2, -0.15) is 0 Å². The van der Waals surface area contributed by atoms with Gasteiger partial charge in [-0.05, 0) is 51.3 Å². The molecule has 1 heterocycles. The summed E-state index contributed by atoms with van der Waals surface area (Å²) in [5.41, 5.74) is 6.84. The zero-order valence-corrected chi connectivity index (χ0v) is 11.6. The average Bonchev–Trinajstić information content (AvgIpc) is 2.32. The molecule has 0 spiro atoms. The number of benzene rings is 1. The fourth-order valence-corrected chi connectivity index (χ4v) is 2.77. The van der Waals surface area contributed by atoms with E-state index in [9.17, 15) is 4.79 Å². The minimum absolute atomic E-state index is 0.0538. The number of nitrogens with zero attached hydrogens (tertiary/aromatic N) is 1. The van der Waals surface area contributed by atoms with Gasteiger partial charge in [-0.15, -0.1) is 0 Å². The SMILES string of the molecule is C[C@H]1CCC[C@H](C)N1C(=O)c1ccc(Cl)c(N)c1. The molecule has 3 nitrogen and oxygen atoms in total. The number of nitrogen functional groups attached to an aromatic ring is 1. The van der Waals surface area contributed by atoms with Crippen molar-refractivity contribution in [2.75, 3.05) is 5.73 Å². The Morgan fingerprint density at radius 2 is 1.94 bits per heavy atom. The number of nitrogens with two attached hydrogens (primary N) is 1.